The molecule has 5 heteroatoms. The lowest BCUT2D eigenvalue weighted by molar-refractivity contribution is -0.118. The van der Waals surface area contributed by atoms with Crippen molar-refractivity contribution in [3.05, 3.63) is 52.5 Å². The second kappa shape index (κ2) is 7.13. The van der Waals surface area contributed by atoms with Crippen LogP contribution in [0.15, 0.2) is 46.9 Å². The Labute approximate surface area is 132 Å². The van der Waals surface area contributed by atoms with Crippen molar-refractivity contribution in [2.24, 2.45) is 0 Å². The van der Waals surface area contributed by atoms with Crippen LogP contribution >= 0.6 is 15.9 Å². The van der Waals surface area contributed by atoms with E-state index >= 15 is 0 Å². The van der Waals surface area contributed by atoms with Crippen LogP contribution < -0.4 is 14.8 Å². The van der Waals surface area contributed by atoms with E-state index in [-0.39, 0.29) is 12.5 Å². The van der Waals surface area contributed by atoms with E-state index in [0.29, 0.717) is 17.2 Å². The summed E-state index contributed by atoms with van der Waals surface area (Å²) in [5, 5.41) is 2.77. The highest BCUT2D eigenvalue weighted by atomic mass is 79.9. The second-order valence-corrected chi connectivity index (χ2v) is 5.36. The zero-order valence-corrected chi connectivity index (χ0v) is 13.4. The molecule has 0 bridgehead atoms. The largest absolute Gasteiger partial charge is 0.495 e. The first-order valence-corrected chi connectivity index (χ1v) is 7.21. The summed E-state index contributed by atoms with van der Waals surface area (Å²) >= 11 is 3.38. The first-order valence-electron chi connectivity index (χ1n) is 6.42. The fraction of sp³-hybridized carbons (Fsp3) is 0.188. The van der Waals surface area contributed by atoms with Gasteiger partial charge < -0.3 is 14.8 Å². The minimum Gasteiger partial charge on any atom is -0.495 e. The van der Waals surface area contributed by atoms with Crippen molar-refractivity contribution in [2.45, 2.75) is 6.92 Å². The van der Waals surface area contributed by atoms with Gasteiger partial charge in [-0.15, -0.1) is 0 Å². The van der Waals surface area contributed by atoms with Gasteiger partial charge in [0.1, 0.15) is 11.5 Å². The second-order valence-electron chi connectivity index (χ2n) is 4.45. The molecule has 4 nitrogen and oxygen atoms in total. The van der Waals surface area contributed by atoms with Gasteiger partial charge in [0.15, 0.2) is 6.61 Å². The van der Waals surface area contributed by atoms with E-state index in [0.717, 1.165) is 10.0 Å². The zero-order valence-electron chi connectivity index (χ0n) is 11.9. The van der Waals surface area contributed by atoms with E-state index in [9.17, 15) is 4.79 Å². The van der Waals surface area contributed by atoms with Gasteiger partial charge in [0.05, 0.1) is 12.8 Å². The Morgan fingerprint density at radius 3 is 2.71 bits per heavy atom. The lowest BCUT2D eigenvalue weighted by atomic mass is 10.2. The summed E-state index contributed by atoms with van der Waals surface area (Å²) in [6.45, 7) is 1.87. The molecular weight excluding hydrogens is 334 g/mol. The highest BCUT2D eigenvalue weighted by molar-refractivity contribution is 9.10. The van der Waals surface area contributed by atoms with Crippen molar-refractivity contribution in [3.8, 4) is 11.5 Å². The van der Waals surface area contributed by atoms with Crippen LogP contribution in [-0.2, 0) is 4.79 Å². The van der Waals surface area contributed by atoms with E-state index in [1.807, 2.05) is 37.3 Å². The third kappa shape index (κ3) is 4.23. The van der Waals surface area contributed by atoms with E-state index in [1.165, 1.54) is 0 Å². The van der Waals surface area contributed by atoms with Gasteiger partial charge in [-0.05, 0) is 36.8 Å². The van der Waals surface area contributed by atoms with Crippen molar-refractivity contribution in [3.63, 3.8) is 0 Å². The van der Waals surface area contributed by atoms with Crippen LogP contribution in [0.25, 0.3) is 0 Å². The predicted octanol–water partition coefficient (Wildman–Crippen LogP) is 3.78. The SMILES string of the molecule is COc1ccccc1NC(=O)COc1cc(Br)ccc1C. The maximum atomic E-state index is 11.9. The number of methoxy groups -OCH3 is 1. The number of carbonyl (C=O) groups excluding carboxylic acids is 1. The van der Waals surface area contributed by atoms with E-state index in [4.69, 9.17) is 9.47 Å². The fourth-order valence-corrected chi connectivity index (χ4v) is 2.15. The summed E-state index contributed by atoms with van der Waals surface area (Å²) in [6, 6.07) is 12.9. The minimum absolute atomic E-state index is 0.0602. The summed E-state index contributed by atoms with van der Waals surface area (Å²) in [5.41, 5.74) is 1.60. The van der Waals surface area contributed by atoms with Crippen LogP contribution in [0.2, 0.25) is 0 Å². The Balaban J connectivity index is 1.97. The van der Waals surface area contributed by atoms with Gasteiger partial charge >= 0.3 is 0 Å². The van der Waals surface area contributed by atoms with E-state index in [1.54, 1.807) is 19.2 Å². The lowest BCUT2D eigenvalue weighted by Gasteiger charge is -2.12. The number of anilines is 1. The van der Waals surface area contributed by atoms with E-state index in [2.05, 4.69) is 21.2 Å². The van der Waals surface area contributed by atoms with Crippen LogP contribution in [-0.4, -0.2) is 19.6 Å². The normalized spacial score (nSPS) is 10.0. The van der Waals surface area contributed by atoms with Crippen molar-refractivity contribution in [1.82, 2.24) is 0 Å². The van der Waals surface area contributed by atoms with Gasteiger partial charge in [-0.3, -0.25) is 4.79 Å². The molecule has 0 spiro atoms. The Morgan fingerprint density at radius 2 is 1.95 bits per heavy atom. The molecule has 0 saturated heterocycles. The maximum Gasteiger partial charge on any atom is 0.262 e. The Morgan fingerprint density at radius 1 is 1.19 bits per heavy atom. The number of nitrogens with one attached hydrogen (secondary N) is 1. The van der Waals surface area contributed by atoms with Gasteiger partial charge in [0, 0.05) is 4.47 Å². The molecule has 0 unspecified atom stereocenters. The third-order valence-electron chi connectivity index (χ3n) is 2.89. The summed E-state index contributed by atoms with van der Waals surface area (Å²) in [7, 11) is 1.56. The average molecular weight is 350 g/mol. The number of ether oxygens (including phenoxy) is 2. The topological polar surface area (TPSA) is 47.6 Å². The van der Waals surface area contributed by atoms with Crippen molar-refractivity contribution in [1.29, 1.82) is 0 Å². The number of rotatable bonds is 5. The molecule has 0 aliphatic rings. The van der Waals surface area contributed by atoms with Crippen molar-refractivity contribution >= 4 is 27.5 Å². The number of hydrogen-bond donors (Lipinski definition) is 1. The first kappa shape index (κ1) is 15.4. The molecule has 0 fully saturated rings. The summed E-state index contributed by atoms with van der Waals surface area (Å²) < 4.78 is 11.6. The Hall–Kier alpha value is -2.01. The Bertz CT molecular complexity index is 643. The monoisotopic (exact) mass is 349 g/mol. The standard InChI is InChI=1S/C16H16BrNO3/c1-11-7-8-12(17)9-15(11)21-10-16(19)18-13-5-3-4-6-14(13)20-2/h3-9H,10H2,1-2H3,(H,18,19). The molecule has 0 atom stereocenters. The maximum absolute atomic E-state index is 11.9. The Kier molecular flexibility index (Phi) is 5.22. The predicted molar refractivity (Wildman–Crippen MR) is 86.0 cm³/mol. The number of aryl methyl sites for hydroxylation is 1. The molecule has 0 aliphatic heterocycles. The van der Waals surface area contributed by atoms with Crippen LogP contribution in [0, 0.1) is 6.92 Å². The molecule has 1 N–H and O–H groups in total. The van der Waals surface area contributed by atoms with Crippen molar-refractivity contribution in [2.75, 3.05) is 19.0 Å². The van der Waals surface area contributed by atoms with Gasteiger partial charge in [-0.2, -0.15) is 0 Å². The quantitative estimate of drug-likeness (QED) is 0.893. The minimum atomic E-state index is -0.237. The van der Waals surface area contributed by atoms with Gasteiger partial charge in [-0.25, -0.2) is 0 Å². The summed E-state index contributed by atoms with van der Waals surface area (Å²) in [4.78, 5) is 11.9. The first-order chi connectivity index (χ1) is 10.1. The number of halogens is 1. The van der Waals surface area contributed by atoms with Crippen LogP contribution in [0.3, 0.4) is 0 Å². The average Bonchev–Trinajstić information content (AvgIpc) is 2.49. The molecule has 0 saturated carbocycles. The third-order valence-corrected chi connectivity index (χ3v) is 3.38. The lowest BCUT2D eigenvalue weighted by Crippen LogP contribution is -2.20. The van der Waals surface area contributed by atoms with E-state index < -0.39 is 0 Å². The van der Waals surface area contributed by atoms with Gasteiger partial charge in [0.2, 0.25) is 0 Å². The molecule has 2 rings (SSSR count). The molecule has 21 heavy (non-hydrogen) atoms. The number of carbonyl (C=O) groups is 1. The molecule has 2 aromatic rings. The fourth-order valence-electron chi connectivity index (χ4n) is 1.81. The molecule has 2 aromatic carbocycles. The smallest absolute Gasteiger partial charge is 0.262 e. The highest BCUT2D eigenvalue weighted by Gasteiger charge is 2.08. The van der Waals surface area contributed by atoms with Gasteiger partial charge in [-0.1, -0.05) is 34.1 Å². The number of hydrogen-bond acceptors (Lipinski definition) is 3. The van der Waals surface area contributed by atoms with Crippen molar-refractivity contribution < 1.29 is 14.3 Å². The van der Waals surface area contributed by atoms with Crippen LogP contribution in [0.4, 0.5) is 5.69 Å². The molecular formula is C16H16BrNO3. The zero-order chi connectivity index (χ0) is 15.2. The molecule has 0 radical (unpaired) electrons. The molecule has 0 aromatic heterocycles. The van der Waals surface area contributed by atoms with Gasteiger partial charge in [0.25, 0.3) is 5.91 Å². The van der Waals surface area contributed by atoms with Crippen LogP contribution in [0.5, 0.6) is 11.5 Å². The van der Waals surface area contributed by atoms with Crippen LogP contribution in [0.1, 0.15) is 5.56 Å². The molecule has 0 heterocycles. The highest BCUT2D eigenvalue weighted by Crippen LogP contribution is 2.24. The molecule has 1 amide bonds. The molecule has 0 aliphatic carbocycles. The number of para-hydroxylation sites is 2. The summed E-state index contributed by atoms with van der Waals surface area (Å²) in [6.07, 6.45) is 0. The summed E-state index contributed by atoms with van der Waals surface area (Å²) in [5.74, 6) is 1.06. The number of benzene rings is 2. The molecule has 110 valence electrons. The number of amides is 1.